The smallest absolute Gasteiger partial charge is 0.231 e. The number of anilines is 1. The number of hydrogen-bond acceptors (Lipinski definition) is 1. The first-order valence-electron chi connectivity index (χ1n) is 6.18. The second kappa shape index (κ2) is 4.62. The molecule has 0 aliphatic carbocycles. The summed E-state index contributed by atoms with van der Waals surface area (Å²) in [6.07, 6.45) is 1.32. The molecule has 18 heavy (non-hydrogen) atoms. The van der Waals surface area contributed by atoms with Crippen LogP contribution >= 0.6 is 11.6 Å². The largest absolute Gasteiger partial charge is 0.311 e. The first-order valence-corrected chi connectivity index (χ1v) is 6.71. The van der Waals surface area contributed by atoms with Crippen molar-refractivity contribution >= 4 is 34.0 Å². The SMILES string of the molecule is O=C1Cc2cccc3cccc(c23)N1CCCCl. The van der Waals surface area contributed by atoms with E-state index in [0.29, 0.717) is 18.8 Å². The first-order chi connectivity index (χ1) is 8.81. The molecule has 2 aromatic rings. The van der Waals surface area contributed by atoms with Gasteiger partial charge in [0.2, 0.25) is 5.91 Å². The standard InChI is InChI=1S/C15H14ClNO/c16-8-3-9-17-13-7-2-5-11-4-1-6-12(15(11)13)10-14(17)18/h1-2,4-7H,3,8-10H2. The molecule has 0 saturated carbocycles. The monoisotopic (exact) mass is 259 g/mol. The zero-order chi connectivity index (χ0) is 12.5. The van der Waals surface area contributed by atoms with Gasteiger partial charge in [0.05, 0.1) is 12.1 Å². The highest BCUT2D eigenvalue weighted by Gasteiger charge is 2.24. The highest BCUT2D eigenvalue weighted by molar-refractivity contribution is 6.18. The molecule has 0 bridgehead atoms. The maximum absolute atomic E-state index is 12.2. The summed E-state index contributed by atoms with van der Waals surface area (Å²) in [5.41, 5.74) is 2.17. The number of rotatable bonds is 3. The number of benzene rings is 2. The van der Waals surface area contributed by atoms with E-state index in [-0.39, 0.29) is 5.91 Å². The third-order valence-corrected chi connectivity index (χ3v) is 3.69. The molecule has 0 atom stereocenters. The second-order valence-corrected chi connectivity index (χ2v) is 4.94. The fraction of sp³-hybridized carbons (Fsp3) is 0.267. The number of halogens is 1. The Morgan fingerprint density at radius 2 is 1.94 bits per heavy atom. The molecule has 3 rings (SSSR count). The Balaban J connectivity index is 2.16. The Kier molecular flexibility index (Phi) is 2.96. The Labute approximate surface area is 111 Å². The molecule has 2 nitrogen and oxygen atoms in total. The van der Waals surface area contributed by atoms with E-state index < -0.39 is 0 Å². The maximum atomic E-state index is 12.2. The van der Waals surface area contributed by atoms with Crippen molar-refractivity contribution in [1.82, 2.24) is 0 Å². The topological polar surface area (TPSA) is 20.3 Å². The summed E-state index contributed by atoms with van der Waals surface area (Å²) in [4.78, 5) is 14.1. The van der Waals surface area contributed by atoms with Crippen LogP contribution in [0.1, 0.15) is 12.0 Å². The van der Waals surface area contributed by atoms with Gasteiger partial charge in [0.1, 0.15) is 0 Å². The van der Waals surface area contributed by atoms with Crippen molar-refractivity contribution in [2.75, 3.05) is 17.3 Å². The van der Waals surface area contributed by atoms with Crippen LogP contribution in [0.15, 0.2) is 36.4 Å². The molecule has 1 heterocycles. The van der Waals surface area contributed by atoms with Crippen molar-refractivity contribution in [1.29, 1.82) is 0 Å². The zero-order valence-corrected chi connectivity index (χ0v) is 10.8. The number of carbonyl (C=O) groups is 1. The Morgan fingerprint density at radius 1 is 1.17 bits per heavy atom. The van der Waals surface area contributed by atoms with E-state index in [1.54, 1.807) is 0 Å². The van der Waals surface area contributed by atoms with Crippen molar-refractivity contribution in [3.05, 3.63) is 42.0 Å². The van der Waals surface area contributed by atoms with Crippen LogP contribution in [-0.4, -0.2) is 18.3 Å². The lowest BCUT2D eigenvalue weighted by molar-refractivity contribution is -0.118. The molecule has 0 fully saturated rings. The lowest BCUT2D eigenvalue weighted by Gasteiger charge is -2.29. The Hall–Kier alpha value is -1.54. The van der Waals surface area contributed by atoms with Crippen molar-refractivity contribution in [3.63, 3.8) is 0 Å². The van der Waals surface area contributed by atoms with Crippen molar-refractivity contribution < 1.29 is 4.79 Å². The van der Waals surface area contributed by atoms with Gasteiger partial charge in [-0.3, -0.25) is 4.79 Å². The summed E-state index contributed by atoms with van der Waals surface area (Å²) in [6.45, 7) is 0.704. The Morgan fingerprint density at radius 3 is 2.72 bits per heavy atom. The summed E-state index contributed by atoms with van der Waals surface area (Å²) < 4.78 is 0. The summed E-state index contributed by atoms with van der Waals surface area (Å²) >= 11 is 5.73. The lowest BCUT2D eigenvalue weighted by atomic mass is 9.96. The molecule has 92 valence electrons. The number of nitrogens with zero attached hydrogens (tertiary/aromatic N) is 1. The molecule has 2 aromatic carbocycles. The molecule has 0 radical (unpaired) electrons. The van der Waals surface area contributed by atoms with Crippen LogP contribution in [0.25, 0.3) is 10.8 Å². The van der Waals surface area contributed by atoms with Gasteiger partial charge in [0, 0.05) is 17.8 Å². The van der Waals surface area contributed by atoms with Crippen LogP contribution < -0.4 is 4.90 Å². The average molecular weight is 260 g/mol. The van der Waals surface area contributed by atoms with Gasteiger partial charge in [-0.1, -0.05) is 30.3 Å². The molecule has 1 amide bonds. The third kappa shape index (κ3) is 1.77. The number of amides is 1. The molecule has 1 aliphatic rings. The Bertz CT molecular complexity index is 603. The van der Waals surface area contributed by atoms with E-state index in [1.807, 2.05) is 29.2 Å². The summed E-state index contributed by atoms with van der Waals surface area (Å²) in [5, 5.41) is 2.42. The second-order valence-electron chi connectivity index (χ2n) is 4.56. The molecule has 1 aliphatic heterocycles. The van der Waals surface area contributed by atoms with Crippen LogP contribution in [0, 0.1) is 0 Å². The highest BCUT2D eigenvalue weighted by atomic mass is 35.5. The van der Waals surface area contributed by atoms with Crippen molar-refractivity contribution in [2.45, 2.75) is 12.8 Å². The molecule has 0 spiro atoms. The minimum Gasteiger partial charge on any atom is -0.311 e. The van der Waals surface area contributed by atoms with Gasteiger partial charge in [-0.25, -0.2) is 0 Å². The van der Waals surface area contributed by atoms with Crippen LogP contribution in [0.3, 0.4) is 0 Å². The average Bonchev–Trinajstić information content (AvgIpc) is 2.39. The van der Waals surface area contributed by atoms with Crippen molar-refractivity contribution in [2.24, 2.45) is 0 Å². The molecule has 0 saturated heterocycles. The van der Waals surface area contributed by atoms with E-state index in [1.165, 1.54) is 10.8 Å². The van der Waals surface area contributed by atoms with Gasteiger partial charge < -0.3 is 4.90 Å². The lowest BCUT2D eigenvalue weighted by Crippen LogP contribution is -2.36. The molecular weight excluding hydrogens is 246 g/mol. The van der Waals surface area contributed by atoms with Crippen LogP contribution in [0.5, 0.6) is 0 Å². The number of carbonyl (C=O) groups excluding carboxylic acids is 1. The zero-order valence-electron chi connectivity index (χ0n) is 10.0. The highest BCUT2D eigenvalue weighted by Crippen LogP contribution is 2.34. The van der Waals surface area contributed by atoms with Crippen LogP contribution in [0.4, 0.5) is 5.69 Å². The quantitative estimate of drug-likeness (QED) is 0.774. The number of hydrogen-bond donors (Lipinski definition) is 0. The van der Waals surface area contributed by atoms with E-state index in [4.69, 9.17) is 11.6 Å². The predicted octanol–water partition coefficient (Wildman–Crippen LogP) is 3.36. The maximum Gasteiger partial charge on any atom is 0.231 e. The molecule has 0 N–H and O–H groups in total. The van der Waals surface area contributed by atoms with Gasteiger partial charge in [0.25, 0.3) is 0 Å². The van der Waals surface area contributed by atoms with Crippen LogP contribution in [-0.2, 0) is 11.2 Å². The third-order valence-electron chi connectivity index (χ3n) is 3.42. The molecule has 0 aromatic heterocycles. The van der Waals surface area contributed by atoms with Gasteiger partial charge in [0.15, 0.2) is 0 Å². The predicted molar refractivity (Wildman–Crippen MR) is 75.3 cm³/mol. The van der Waals surface area contributed by atoms with E-state index >= 15 is 0 Å². The van der Waals surface area contributed by atoms with Gasteiger partial charge in [-0.15, -0.1) is 11.6 Å². The van der Waals surface area contributed by atoms with Gasteiger partial charge in [-0.2, -0.15) is 0 Å². The fourth-order valence-corrected chi connectivity index (χ4v) is 2.75. The fourth-order valence-electron chi connectivity index (χ4n) is 2.63. The van der Waals surface area contributed by atoms with Crippen LogP contribution in [0.2, 0.25) is 0 Å². The molecule has 0 unspecified atom stereocenters. The van der Waals surface area contributed by atoms with Crippen molar-refractivity contribution in [3.8, 4) is 0 Å². The normalized spacial score (nSPS) is 14.3. The first kappa shape index (κ1) is 11.5. The number of alkyl halides is 1. The summed E-state index contributed by atoms with van der Waals surface area (Å²) in [5.74, 6) is 0.757. The van der Waals surface area contributed by atoms with E-state index in [0.717, 1.165) is 17.7 Å². The van der Waals surface area contributed by atoms with Gasteiger partial charge >= 0.3 is 0 Å². The summed E-state index contributed by atoms with van der Waals surface area (Å²) in [7, 11) is 0. The molecule has 3 heteroatoms. The van der Waals surface area contributed by atoms with E-state index in [9.17, 15) is 4.79 Å². The minimum atomic E-state index is 0.173. The van der Waals surface area contributed by atoms with E-state index in [2.05, 4.69) is 12.1 Å². The molecular formula is C15H14ClNO. The van der Waals surface area contributed by atoms with Gasteiger partial charge in [-0.05, 0) is 23.4 Å². The summed E-state index contributed by atoms with van der Waals surface area (Å²) in [6, 6.07) is 12.3. The minimum absolute atomic E-state index is 0.173.